The number of pyridine rings is 1. The summed E-state index contributed by atoms with van der Waals surface area (Å²) in [6, 6.07) is 11.9. The monoisotopic (exact) mass is 265 g/mol. The van der Waals surface area contributed by atoms with Crippen LogP contribution in [0.2, 0.25) is 0 Å². The number of nitrogens with zero attached hydrogens (tertiary/aromatic N) is 1. The number of hydrogen-bond acceptors (Lipinski definition) is 3. The largest absolute Gasteiger partial charge is 0.487 e. The SMILES string of the molecule is CC1C=CC(OCc2ccc3ccccc3n2)=CC1=O. The molecule has 2 aromatic rings. The van der Waals surface area contributed by atoms with Gasteiger partial charge in [-0.1, -0.05) is 37.3 Å². The van der Waals surface area contributed by atoms with Crippen molar-refractivity contribution in [2.24, 2.45) is 5.92 Å². The van der Waals surface area contributed by atoms with Gasteiger partial charge in [0.05, 0.1) is 11.2 Å². The molecule has 0 N–H and O–H groups in total. The van der Waals surface area contributed by atoms with Crippen molar-refractivity contribution in [3.05, 3.63) is 66.1 Å². The number of carbonyl (C=O) groups is 1. The van der Waals surface area contributed by atoms with Crippen molar-refractivity contribution < 1.29 is 9.53 Å². The van der Waals surface area contributed by atoms with Crippen molar-refractivity contribution in [1.82, 2.24) is 4.98 Å². The van der Waals surface area contributed by atoms with Gasteiger partial charge in [-0.2, -0.15) is 0 Å². The van der Waals surface area contributed by atoms with Gasteiger partial charge >= 0.3 is 0 Å². The molecule has 0 bridgehead atoms. The standard InChI is InChI=1S/C17H15NO2/c1-12-6-9-15(10-17(12)19)20-11-14-8-7-13-4-2-3-5-16(13)18-14/h2-10,12H,11H2,1H3. The van der Waals surface area contributed by atoms with Gasteiger partial charge in [-0.05, 0) is 18.2 Å². The van der Waals surface area contributed by atoms with E-state index in [2.05, 4.69) is 4.98 Å². The van der Waals surface area contributed by atoms with Crippen molar-refractivity contribution >= 4 is 16.7 Å². The molecule has 0 saturated carbocycles. The molecule has 1 heterocycles. The Bertz CT molecular complexity index is 716. The molecule has 3 nitrogen and oxygen atoms in total. The smallest absolute Gasteiger partial charge is 0.165 e. The maximum atomic E-state index is 11.6. The van der Waals surface area contributed by atoms with Gasteiger partial charge in [-0.3, -0.25) is 4.79 Å². The van der Waals surface area contributed by atoms with Gasteiger partial charge in [0, 0.05) is 17.4 Å². The molecule has 20 heavy (non-hydrogen) atoms. The van der Waals surface area contributed by atoms with Crippen molar-refractivity contribution in [2.75, 3.05) is 0 Å². The van der Waals surface area contributed by atoms with Crippen LogP contribution in [-0.2, 0) is 16.1 Å². The van der Waals surface area contributed by atoms with Gasteiger partial charge < -0.3 is 4.74 Å². The van der Waals surface area contributed by atoms with Crippen LogP contribution in [0.5, 0.6) is 0 Å². The Kier molecular flexibility index (Phi) is 3.33. The van der Waals surface area contributed by atoms with E-state index in [9.17, 15) is 4.79 Å². The summed E-state index contributed by atoms with van der Waals surface area (Å²) in [7, 11) is 0. The number of benzene rings is 1. The molecule has 0 fully saturated rings. The zero-order valence-corrected chi connectivity index (χ0v) is 11.2. The number of para-hydroxylation sites is 1. The molecular formula is C17H15NO2. The fourth-order valence-electron chi connectivity index (χ4n) is 2.09. The highest BCUT2D eigenvalue weighted by atomic mass is 16.5. The third-order valence-corrected chi connectivity index (χ3v) is 3.33. The highest BCUT2D eigenvalue weighted by Gasteiger charge is 2.13. The highest BCUT2D eigenvalue weighted by Crippen LogP contribution is 2.16. The molecule has 100 valence electrons. The van der Waals surface area contributed by atoms with Gasteiger partial charge in [0.2, 0.25) is 0 Å². The molecule has 3 rings (SSSR count). The first-order valence-electron chi connectivity index (χ1n) is 6.63. The molecule has 1 aromatic carbocycles. The van der Waals surface area contributed by atoms with E-state index in [-0.39, 0.29) is 11.7 Å². The summed E-state index contributed by atoms with van der Waals surface area (Å²) in [6.45, 7) is 2.24. The van der Waals surface area contributed by atoms with E-state index in [0.717, 1.165) is 16.6 Å². The number of allylic oxidation sites excluding steroid dienone is 3. The van der Waals surface area contributed by atoms with Gasteiger partial charge in [0.15, 0.2) is 5.78 Å². The molecule has 0 amide bonds. The molecule has 1 aromatic heterocycles. The van der Waals surface area contributed by atoms with Crippen LogP contribution in [0.25, 0.3) is 10.9 Å². The summed E-state index contributed by atoms with van der Waals surface area (Å²) in [4.78, 5) is 16.1. The van der Waals surface area contributed by atoms with E-state index in [1.54, 1.807) is 6.08 Å². The van der Waals surface area contributed by atoms with Crippen LogP contribution in [0.15, 0.2) is 60.4 Å². The predicted molar refractivity (Wildman–Crippen MR) is 77.9 cm³/mol. The third-order valence-electron chi connectivity index (χ3n) is 3.33. The van der Waals surface area contributed by atoms with Crippen LogP contribution in [0.1, 0.15) is 12.6 Å². The molecule has 1 aliphatic rings. The number of ether oxygens (including phenoxy) is 1. The summed E-state index contributed by atoms with van der Waals surface area (Å²) in [5.74, 6) is 0.623. The maximum absolute atomic E-state index is 11.6. The molecule has 3 heteroatoms. The van der Waals surface area contributed by atoms with Crippen LogP contribution in [0.3, 0.4) is 0 Å². The molecular weight excluding hydrogens is 250 g/mol. The summed E-state index contributed by atoms with van der Waals surface area (Å²) in [5.41, 5.74) is 1.80. The number of fused-ring (bicyclic) bond motifs is 1. The lowest BCUT2D eigenvalue weighted by Gasteiger charge is -2.12. The Morgan fingerprint density at radius 2 is 2.05 bits per heavy atom. The number of hydrogen-bond donors (Lipinski definition) is 0. The van der Waals surface area contributed by atoms with E-state index in [0.29, 0.717) is 12.4 Å². The summed E-state index contributed by atoms with van der Waals surface area (Å²) in [5, 5.41) is 1.11. The normalized spacial score (nSPS) is 18.1. The van der Waals surface area contributed by atoms with Crippen LogP contribution < -0.4 is 0 Å². The minimum Gasteiger partial charge on any atom is -0.487 e. The average molecular weight is 265 g/mol. The minimum absolute atomic E-state index is 0.0545. The zero-order valence-electron chi connectivity index (χ0n) is 11.2. The number of rotatable bonds is 3. The summed E-state index contributed by atoms with van der Waals surface area (Å²) in [6.07, 6.45) is 5.24. The lowest BCUT2D eigenvalue weighted by molar-refractivity contribution is -0.116. The molecule has 0 spiro atoms. The average Bonchev–Trinajstić information content (AvgIpc) is 2.48. The van der Waals surface area contributed by atoms with Gasteiger partial charge in [-0.15, -0.1) is 0 Å². The number of carbonyl (C=O) groups excluding carboxylic acids is 1. The first kappa shape index (κ1) is 12.6. The van der Waals surface area contributed by atoms with Crippen LogP contribution in [-0.4, -0.2) is 10.8 Å². The zero-order chi connectivity index (χ0) is 13.9. The van der Waals surface area contributed by atoms with Gasteiger partial charge in [-0.25, -0.2) is 4.98 Å². The van der Waals surface area contributed by atoms with Crippen molar-refractivity contribution in [1.29, 1.82) is 0 Å². The van der Waals surface area contributed by atoms with E-state index >= 15 is 0 Å². The van der Waals surface area contributed by atoms with Crippen molar-refractivity contribution in [3.63, 3.8) is 0 Å². The molecule has 1 unspecified atom stereocenters. The predicted octanol–water partition coefficient (Wildman–Crippen LogP) is 3.41. The van der Waals surface area contributed by atoms with E-state index in [4.69, 9.17) is 4.74 Å². The van der Waals surface area contributed by atoms with Crippen molar-refractivity contribution in [2.45, 2.75) is 13.5 Å². The highest BCUT2D eigenvalue weighted by molar-refractivity contribution is 5.94. The Morgan fingerprint density at radius 1 is 1.20 bits per heavy atom. The van der Waals surface area contributed by atoms with Crippen LogP contribution in [0, 0.1) is 5.92 Å². The second-order valence-corrected chi connectivity index (χ2v) is 4.88. The third kappa shape index (κ3) is 2.62. The van der Waals surface area contributed by atoms with E-state index in [1.807, 2.05) is 55.5 Å². The van der Waals surface area contributed by atoms with Crippen LogP contribution in [0.4, 0.5) is 0 Å². The number of ketones is 1. The lowest BCUT2D eigenvalue weighted by Crippen LogP contribution is -2.10. The fourth-order valence-corrected chi connectivity index (χ4v) is 2.09. The Balaban J connectivity index is 1.73. The second-order valence-electron chi connectivity index (χ2n) is 4.88. The van der Waals surface area contributed by atoms with E-state index < -0.39 is 0 Å². The summed E-state index contributed by atoms with van der Waals surface area (Å²) >= 11 is 0. The molecule has 0 aliphatic heterocycles. The summed E-state index contributed by atoms with van der Waals surface area (Å²) < 4.78 is 5.63. The Hall–Kier alpha value is -2.42. The number of aromatic nitrogens is 1. The first-order chi connectivity index (χ1) is 9.72. The maximum Gasteiger partial charge on any atom is 0.165 e. The molecule has 0 saturated heterocycles. The quantitative estimate of drug-likeness (QED) is 0.853. The van der Waals surface area contributed by atoms with Crippen molar-refractivity contribution in [3.8, 4) is 0 Å². The Labute approximate surface area is 117 Å². The first-order valence-corrected chi connectivity index (χ1v) is 6.63. The second kappa shape index (κ2) is 5.29. The molecule has 1 aliphatic carbocycles. The lowest BCUT2D eigenvalue weighted by atomic mass is 10.0. The van der Waals surface area contributed by atoms with Gasteiger partial charge in [0.1, 0.15) is 12.4 Å². The molecule has 0 radical (unpaired) electrons. The minimum atomic E-state index is -0.0545. The topological polar surface area (TPSA) is 39.2 Å². The van der Waals surface area contributed by atoms with Crippen LogP contribution >= 0.6 is 0 Å². The molecule has 1 atom stereocenters. The van der Waals surface area contributed by atoms with Gasteiger partial charge in [0.25, 0.3) is 0 Å². The fraction of sp³-hybridized carbons (Fsp3) is 0.176. The van der Waals surface area contributed by atoms with E-state index in [1.165, 1.54) is 0 Å². The Morgan fingerprint density at radius 3 is 2.90 bits per heavy atom.